The molecule has 10 heteroatoms. The standard InChI is InChI=1S/C20H24N4O6/c1-4-23(12-19(25)21-14-5-7-15(29-2)8-6-14)13-20(26)22-17-10-9-16(30-3)11-18(17)24(27)28/h5-11H,4,12-13H2,1-3H3,(H,21,25)(H,22,26)/p+1. The van der Waals surface area contributed by atoms with Gasteiger partial charge in [-0.05, 0) is 43.3 Å². The maximum absolute atomic E-state index is 12.4. The Bertz CT molecular complexity index is 901. The number of methoxy groups -OCH3 is 2. The predicted molar refractivity (Wildman–Crippen MR) is 111 cm³/mol. The van der Waals surface area contributed by atoms with Gasteiger partial charge in [0.15, 0.2) is 13.1 Å². The minimum atomic E-state index is -0.592. The van der Waals surface area contributed by atoms with Gasteiger partial charge < -0.3 is 25.0 Å². The highest BCUT2D eigenvalue weighted by Crippen LogP contribution is 2.28. The van der Waals surface area contributed by atoms with Crippen molar-refractivity contribution in [1.29, 1.82) is 0 Å². The van der Waals surface area contributed by atoms with Crippen molar-refractivity contribution in [3.63, 3.8) is 0 Å². The number of nitro benzene ring substituents is 1. The summed E-state index contributed by atoms with van der Waals surface area (Å²) in [6, 6.07) is 11.1. The van der Waals surface area contributed by atoms with Gasteiger partial charge in [-0.2, -0.15) is 0 Å². The number of nitro groups is 1. The van der Waals surface area contributed by atoms with Crippen LogP contribution in [0.3, 0.4) is 0 Å². The number of hydrogen-bond donors (Lipinski definition) is 3. The van der Waals surface area contributed by atoms with Gasteiger partial charge in [-0.3, -0.25) is 19.7 Å². The van der Waals surface area contributed by atoms with Crippen LogP contribution in [0.5, 0.6) is 11.5 Å². The fraction of sp³-hybridized carbons (Fsp3) is 0.300. The van der Waals surface area contributed by atoms with Crippen molar-refractivity contribution >= 4 is 28.9 Å². The summed E-state index contributed by atoms with van der Waals surface area (Å²) in [4.78, 5) is 36.0. The Kier molecular flexibility index (Phi) is 8.12. The molecule has 0 saturated heterocycles. The largest absolute Gasteiger partial charge is 0.497 e. The number of carbonyl (C=O) groups excluding carboxylic acids is 2. The molecule has 0 spiro atoms. The highest BCUT2D eigenvalue weighted by atomic mass is 16.6. The van der Waals surface area contributed by atoms with Gasteiger partial charge in [-0.15, -0.1) is 0 Å². The monoisotopic (exact) mass is 417 g/mol. The van der Waals surface area contributed by atoms with Crippen LogP contribution in [0.25, 0.3) is 0 Å². The van der Waals surface area contributed by atoms with E-state index < -0.39 is 10.8 Å². The molecular weight excluding hydrogens is 392 g/mol. The molecule has 0 heterocycles. The Morgan fingerprint density at radius 3 is 2.07 bits per heavy atom. The van der Waals surface area contributed by atoms with E-state index in [4.69, 9.17) is 9.47 Å². The van der Waals surface area contributed by atoms with Gasteiger partial charge in [-0.1, -0.05) is 0 Å². The van der Waals surface area contributed by atoms with E-state index >= 15 is 0 Å². The maximum atomic E-state index is 12.4. The van der Waals surface area contributed by atoms with E-state index in [2.05, 4.69) is 10.6 Å². The molecule has 0 aliphatic carbocycles. The average molecular weight is 417 g/mol. The van der Waals surface area contributed by atoms with E-state index in [1.165, 1.54) is 25.3 Å². The molecule has 1 atom stereocenters. The van der Waals surface area contributed by atoms with Gasteiger partial charge >= 0.3 is 0 Å². The molecule has 0 saturated carbocycles. The summed E-state index contributed by atoms with van der Waals surface area (Å²) in [6.07, 6.45) is 0. The molecule has 30 heavy (non-hydrogen) atoms. The summed E-state index contributed by atoms with van der Waals surface area (Å²) in [5, 5.41) is 16.6. The van der Waals surface area contributed by atoms with Crippen molar-refractivity contribution in [3.8, 4) is 11.5 Å². The molecule has 0 aliphatic heterocycles. The summed E-state index contributed by atoms with van der Waals surface area (Å²) in [6.45, 7) is 2.42. The van der Waals surface area contributed by atoms with Crippen LogP contribution in [0.2, 0.25) is 0 Å². The number of benzene rings is 2. The second-order valence-electron chi connectivity index (χ2n) is 6.42. The lowest BCUT2D eigenvalue weighted by Crippen LogP contribution is -3.13. The topological polar surface area (TPSA) is 124 Å². The Morgan fingerprint density at radius 1 is 0.967 bits per heavy atom. The molecule has 2 aromatic carbocycles. The first kappa shape index (κ1) is 22.6. The zero-order chi connectivity index (χ0) is 22.1. The number of quaternary nitrogens is 1. The average Bonchev–Trinajstić information content (AvgIpc) is 2.73. The van der Waals surface area contributed by atoms with Crippen LogP contribution in [-0.4, -0.2) is 50.6 Å². The maximum Gasteiger partial charge on any atom is 0.296 e. The molecule has 0 aliphatic rings. The molecule has 2 amide bonds. The van der Waals surface area contributed by atoms with Crippen LogP contribution < -0.4 is 25.0 Å². The third kappa shape index (κ3) is 6.45. The van der Waals surface area contributed by atoms with Crippen LogP contribution in [0.4, 0.5) is 17.1 Å². The Hall–Kier alpha value is -3.66. The van der Waals surface area contributed by atoms with Crippen LogP contribution in [0, 0.1) is 10.1 Å². The van der Waals surface area contributed by atoms with E-state index in [-0.39, 0.29) is 30.4 Å². The number of ether oxygens (including phenoxy) is 2. The number of amides is 2. The fourth-order valence-corrected chi connectivity index (χ4v) is 2.74. The quantitative estimate of drug-likeness (QED) is 0.393. The van der Waals surface area contributed by atoms with Gasteiger partial charge in [0.2, 0.25) is 0 Å². The highest BCUT2D eigenvalue weighted by Gasteiger charge is 2.21. The first-order chi connectivity index (χ1) is 14.4. The van der Waals surface area contributed by atoms with Gasteiger partial charge in [0, 0.05) is 5.69 Å². The molecule has 1 unspecified atom stereocenters. The molecule has 0 fully saturated rings. The molecule has 3 N–H and O–H groups in total. The number of anilines is 2. The number of carbonyl (C=O) groups is 2. The third-order valence-corrected chi connectivity index (χ3v) is 4.37. The first-order valence-electron chi connectivity index (χ1n) is 9.26. The van der Waals surface area contributed by atoms with Gasteiger partial charge in [-0.25, -0.2) is 0 Å². The summed E-state index contributed by atoms with van der Waals surface area (Å²) in [7, 11) is 2.96. The number of nitrogens with zero attached hydrogens (tertiary/aromatic N) is 1. The molecule has 2 aromatic rings. The molecular formula is C20H25N4O6+. The fourth-order valence-electron chi connectivity index (χ4n) is 2.74. The van der Waals surface area contributed by atoms with Crippen LogP contribution in [-0.2, 0) is 9.59 Å². The molecule has 0 aromatic heterocycles. The zero-order valence-corrected chi connectivity index (χ0v) is 17.1. The van der Waals surface area contributed by atoms with E-state index in [1.807, 2.05) is 6.92 Å². The molecule has 10 nitrogen and oxygen atoms in total. The Morgan fingerprint density at radius 2 is 1.53 bits per heavy atom. The summed E-state index contributed by atoms with van der Waals surface area (Å²) >= 11 is 0. The highest BCUT2D eigenvalue weighted by molar-refractivity contribution is 5.94. The van der Waals surface area contributed by atoms with Crippen LogP contribution in [0.15, 0.2) is 42.5 Å². The first-order valence-corrected chi connectivity index (χ1v) is 9.26. The van der Waals surface area contributed by atoms with Gasteiger partial charge in [0.1, 0.15) is 17.2 Å². The molecule has 2 rings (SSSR count). The number of rotatable bonds is 10. The number of nitrogens with one attached hydrogen (secondary N) is 3. The predicted octanol–water partition coefficient (Wildman–Crippen LogP) is 1.09. The second-order valence-corrected chi connectivity index (χ2v) is 6.42. The zero-order valence-electron chi connectivity index (χ0n) is 17.1. The summed E-state index contributed by atoms with van der Waals surface area (Å²) in [5.74, 6) is 0.312. The minimum Gasteiger partial charge on any atom is -0.497 e. The summed E-state index contributed by atoms with van der Waals surface area (Å²) in [5.41, 5.74) is 0.427. The van der Waals surface area contributed by atoms with Crippen molar-refractivity contribution < 1.29 is 28.9 Å². The van der Waals surface area contributed by atoms with Gasteiger partial charge in [0.05, 0.1) is 31.8 Å². The lowest BCUT2D eigenvalue weighted by atomic mass is 10.2. The SMILES string of the molecule is CC[NH+](CC(=O)Nc1ccc(OC)cc1)CC(=O)Nc1ccc(OC)cc1[N+](=O)[O-]. The number of hydrogen-bond acceptors (Lipinski definition) is 6. The van der Waals surface area contributed by atoms with Crippen molar-refractivity contribution in [2.24, 2.45) is 0 Å². The Labute approximate surface area is 173 Å². The number of likely N-dealkylation sites (N-methyl/N-ethyl adjacent to an activating group) is 1. The lowest BCUT2D eigenvalue weighted by Gasteiger charge is -2.17. The van der Waals surface area contributed by atoms with Crippen molar-refractivity contribution in [2.75, 3.05) is 44.5 Å². The smallest absolute Gasteiger partial charge is 0.296 e. The normalized spacial score (nSPS) is 11.3. The lowest BCUT2D eigenvalue weighted by molar-refractivity contribution is -0.881. The van der Waals surface area contributed by atoms with Gasteiger partial charge in [0.25, 0.3) is 17.5 Å². The van der Waals surface area contributed by atoms with Crippen molar-refractivity contribution in [1.82, 2.24) is 0 Å². The van der Waals surface area contributed by atoms with E-state index in [0.717, 1.165) is 0 Å². The van der Waals surface area contributed by atoms with E-state index in [1.54, 1.807) is 31.4 Å². The molecule has 0 radical (unpaired) electrons. The Balaban J connectivity index is 1.95. The molecule has 0 bridgehead atoms. The van der Waals surface area contributed by atoms with Crippen LogP contribution >= 0.6 is 0 Å². The second kappa shape index (κ2) is 10.8. The molecule has 160 valence electrons. The summed E-state index contributed by atoms with van der Waals surface area (Å²) < 4.78 is 10.1. The van der Waals surface area contributed by atoms with Crippen molar-refractivity contribution in [3.05, 3.63) is 52.6 Å². The minimum absolute atomic E-state index is 0.0181. The van der Waals surface area contributed by atoms with Crippen molar-refractivity contribution in [2.45, 2.75) is 6.92 Å². The third-order valence-electron chi connectivity index (χ3n) is 4.37. The van der Waals surface area contributed by atoms with E-state index in [0.29, 0.717) is 28.6 Å². The van der Waals surface area contributed by atoms with E-state index in [9.17, 15) is 19.7 Å². The van der Waals surface area contributed by atoms with Crippen LogP contribution in [0.1, 0.15) is 6.92 Å².